The zero-order chi connectivity index (χ0) is 9.27. The van der Waals surface area contributed by atoms with E-state index in [1.54, 1.807) is 24.3 Å². The van der Waals surface area contributed by atoms with Crippen LogP contribution in [0.3, 0.4) is 0 Å². The van der Waals surface area contributed by atoms with Crippen LogP contribution in [0.5, 0.6) is 0 Å². The maximum atomic E-state index is 5.66. The molecule has 12 heavy (non-hydrogen) atoms. The van der Waals surface area contributed by atoms with Crippen LogP contribution in [0.25, 0.3) is 0 Å². The molecule has 0 unspecified atom stereocenters. The summed E-state index contributed by atoms with van der Waals surface area (Å²) in [6.45, 7) is 0. The first-order chi connectivity index (χ1) is 5.33. The van der Waals surface area contributed by atoms with Gasteiger partial charge >= 0.3 is 87.6 Å². The predicted octanol–water partition coefficient (Wildman–Crippen LogP) is 4.81. The number of benzene rings is 1. The number of halogens is 4. The quantitative estimate of drug-likeness (QED) is 0.623. The van der Waals surface area contributed by atoms with Crippen molar-refractivity contribution in [2.75, 3.05) is 0 Å². The molecule has 68 valence electrons. The first-order valence-electron chi connectivity index (χ1n) is 2.93. The van der Waals surface area contributed by atoms with Crippen molar-refractivity contribution in [1.82, 2.24) is 0 Å². The van der Waals surface area contributed by atoms with Gasteiger partial charge in [-0.2, -0.15) is 0 Å². The molecule has 0 atom stereocenters. The molecule has 0 aliphatic rings. The van der Waals surface area contributed by atoms with E-state index >= 15 is 0 Å². The van der Waals surface area contributed by atoms with Crippen LogP contribution in [-0.4, -0.2) is 0 Å². The van der Waals surface area contributed by atoms with Crippen molar-refractivity contribution >= 4 is 43.4 Å². The van der Waals surface area contributed by atoms with Crippen LogP contribution in [-0.2, 0) is 10.5 Å². The first-order valence-corrected chi connectivity index (χ1v) is 18.8. The van der Waals surface area contributed by atoms with Gasteiger partial charge < -0.3 is 0 Å². The molecule has 0 heterocycles. The molecule has 1 nitrogen and oxygen atoms in total. The van der Waals surface area contributed by atoms with Crippen LogP contribution in [0.2, 0.25) is 0 Å². The molecular formula is C6H5Cl4NW. The van der Waals surface area contributed by atoms with E-state index in [4.69, 9.17) is 37.7 Å². The number of hydrogen-bond donors (Lipinski definition) is 0. The summed E-state index contributed by atoms with van der Waals surface area (Å²) >= 11 is 0. The predicted molar refractivity (Wildman–Crippen MR) is 51.9 cm³/mol. The van der Waals surface area contributed by atoms with Gasteiger partial charge in [0.2, 0.25) is 0 Å². The van der Waals surface area contributed by atoms with Gasteiger partial charge in [0.25, 0.3) is 0 Å². The summed E-state index contributed by atoms with van der Waals surface area (Å²) < 4.78 is 3.89. The van der Waals surface area contributed by atoms with Gasteiger partial charge in [0.05, 0.1) is 0 Å². The van der Waals surface area contributed by atoms with Gasteiger partial charge in [0.1, 0.15) is 0 Å². The second kappa shape index (κ2) is 3.55. The van der Waals surface area contributed by atoms with Crippen molar-refractivity contribution in [2.45, 2.75) is 0 Å². The standard InChI is InChI=1S/C6H5N.4ClH.W/c7-6-4-2-1-3-5-6;;;;;/h1-5H;4*1H;/q;;;;;+4/p-4. The van der Waals surface area contributed by atoms with E-state index in [9.17, 15) is 0 Å². The van der Waals surface area contributed by atoms with E-state index in [0.717, 1.165) is 0 Å². The summed E-state index contributed by atoms with van der Waals surface area (Å²) in [6.07, 6.45) is 0. The Balaban J connectivity index is 3.14. The minimum absolute atomic E-state index is 0.609. The Labute approximate surface area is 87.0 Å². The van der Waals surface area contributed by atoms with Crippen molar-refractivity contribution in [3.63, 3.8) is 0 Å². The fourth-order valence-electron chi connectivity index (χ4n) is 0.648. The molecule has 0 spiro atoms. The van der Waals surface area contributed by atoms with Crippen molar-refractivity contribution in [3.8, 4) is 0 Å². The molecule has 0 N–H and O–H groups in total. The molecule has 1 aromatic carbocycles. The number of rotatable bonds is 1. The summed E-state index contributed by atoms with van der Waals surface area (Å²) in [5, 5.41) is 0. The van der Waals surface area contributed by atoms with E-state index in [2.05, 4.69) is 3.50 Å². The SMILES string of the molecule is [Cl][W]([Cl])([Cl])([Cl])=[N]c1ccccc1. The molecule has 0 radical (unpaired) electrons. The van der Waals surface area contributed by atoms with Crippen LogP contribution in [0.4, 0.5) is 5.69 Å². The Hall–Kier alpha value is 0.868. The van der Waals surface area contributed by atoms with Crippen LogP contribution in [0.15, 0.2) is 33.8 Å². The molecule has 0 saturated heterocycles. The van der Waals surface area contributed by atoms with E-state index in [1.165, 1.54) is 0 Å². The summed E-state index contributed by atoms with van der Waals surface area (Å²) in [6, 6.07) is 8.95. The van der Waals surface area contributed by atoms with Crippen molar-refractivity contribution in [1.29, 1.82) is 0 Å². The second-order valence-electron chi connectivity index (χ2n) is 2.05. The summed E-state index contributed by atoms with van der Waals surface area (Å²) in [5.41, 5.74) is 0.609. The Morgan fingerprint density at radius 1 is 0.917 bits per heavy atom. The van der Waals surface area contributed by atoms with Gasteiger partial charge in [0.15, 0.2) is 0 Å². The maximum absolute atomic E-state index is 5.66. The molecule has 0 amide bonds. The minimum atomic E-state index is -4.65. The van der Waals surface area contributed by atoms with Gasteiger partial charge in [-0.25, -0.2) is 0 Å². The van der Waals surface area contributed by atoms with Crippen LogP contribution >= 0.6 is 37.7 Å². The van der Waals surface area contributed by atoms with Crippen molar-refractivity contribution < 1.29 is 10.5 Å². The average Bonchev–Trinajstić information content (AvgIpc) is 1.83. The average molecular weight is 417 g/mol. The topological polar surface area (TPSA) is 12.4 Å². The molecular weight excluding hydrogens is 412 g/mol. The van der Waals surface area contributed by atoms with Gasteiger partial charge in [-0.1, -0.05) is 0 Å². The normalized spacial score (nSPS) is 14.8. The molecule has 6 heteroatoms. The summed E-state index contributed by atoms with van der Waals surface area (Å²) in [7, 11) is 18.0. The number of nitrogens with zero attached hydrogens (tertiary/aromatic N) is 1. The van der Waals surface area contributed by atoms with Gasteiger partial charge in [-0.05, 0) is 0 Å². The molecule has 0 aliphatic heterocycles. The fraction of sp³-hybridized carbons (Fsp3) is 0. The van der Waals surface area contributed by atoms with Crippen LogP contribution < -0.4 is 0 Å². The van der Waals surface area contributed by atoms with Gasteiger partial charge in [-0.3, -0.25) is 0 Å². The molecule has 0 fully saturated rings. The third-order valence-corrected chi connectivity index (χ3v) is 5.01. The van der Waals surface area contributed by atoms with E-state index in [1.807, 2.05) is 6.07 Å². The first kappa shape index (κ1) is 10.9. The Morgan fingerprint density at radius 3 is 1.83 bits per heavy atom. The molecule has 1 rings (SSSR count). The van der Waals surface area contributed by atoms with E-state index in [-0.39, 0.29) is 0 Å². The molecule has 0 aromatic heterocycles. The second-order valence-corrected chi connectivity index (χ2v) is 34.6. The Kier molecular flexibility index (Phi) is 3.24. The molecule has 1 aromatic rings. The third kappa shape index (κ3) is 4.79. The number of hydrogen-bond acceptors (Lipinski definition) is 1. The third-order valence-electron chi connectivity index (χ3n) is 1.000. The molecule has 0 bridgehead atoms. The zero-order valence-electron chi connectivity index (χ0n) is 5.75. The molecule has 0 saturated carbocycles. The van der Waals surface area contributed by atoms with Crippen molar-refractivity contribution in [3.05, 3.63) is 30.3 Å². The van der Waals surface area contributed by atoms with Crippen LogP contribution in [0, 0.1) is 0 Å². The van der Waals surface area contributed by atoms with E-state index < -0.39 is 10.5 Å². The summed E-state index contributed by atoms with van der Waals surface area (Å²) in [5.74, 6) is 0. The monoisotopic (exact) mass is 415 g/mol. The van der Waals surface area contributed by atoms with Gasteiger partial charge in [0, 0.05) is 0 Å². The molecule has 0 aliphatic carbocycles. The van der Waals surface area contributed by atoms with Crippen LogP contribution in [0.1, 0.15) is 0 Å². The van der Waals surface area contributed by atoms with E-state index in [0.29, 0.717) is 5.69 Å². The zero-order valence-corrected chi connectivity index (χ0v) is 11.7. The fourth-order valence-corrected chi connectivity index (χ4v) is 4.84. The summed E-state index contributed by atoms with van der Waals surface area (Å²) in [4.78, 5) is 0. The van der Waals surface area contributed by atoms with Crippen molar-refractivity contribution in [2.24, 2.45) is 3.50 Å². The Bertz CT molecular complexity index is 318. The van der Waals surface area contributed by atoms with Gasteiger partial charge in [-0.15, -0.1) is 0 Å². The Morgan fingerprint density at radius 2 is 1.42 bits per heavy atom.